The number of nitrogens with zero attached hydrogens (tertiary/aromatic N) is 1. The lowest BCUT2D eigenvalue weighted by Crippen LogP contribution is -2.34. The standard InChI is InChI=1S/C15H22N2O2.ClH/c1-19-14-5-2-4-13(12-14)6-7-15(18)17-10-3-8-16-9-11-17;/h2,4-5,12,16H,3,6-11H2,1H3;1H. The molecule has 0 bridgehead atoms. The highest BCUT2D eigenvalue weighted by atomic mass is 35.5. The van der Waals surface area contributed by atoms with Crippen molar-refractivity contribution in [3.63, 3.8) is 0 Å². The van der Waals surface area contributed by atoms with Gasteiger partial charge in [-0.05, 0) is 37.1 Å². The van der Waals surface area contributed by atoms with Crippen molar-refractivity contribution in [3.8, 4) is 5.75 Å². The molecule has 1 saturated heterocycles. The molecule has 1 fully saturated rings. The van der Waals surface area contributed by atoms with Crippen LogP contribution < -0.4 is 10.1 Å². The Morgan fingerprint density at radius 1 is 1.35 bits per heavy atom. The smallest absolute Gasteiger partial charge is 0.222 e. The highest BCUT2D eigenvalue weighted by molar-refractivity contribution is 5.85. The third-order valence-corrected chi connectivity index (χ3v) is 3.45. The minimum atomic E-state index is 0. The van der Waals surface area contributed by atoms with E-state index in [2.05, 4.69) is 5.32 Å². The number of aryl methyl sites for hydroxylation is 1. The van der Waals surface area contributed by atoms with Crippen LogP contribution in [0.25, 0.3) is 0 Å². The first kappa shape index (κ1) is 16.8. The Morgan fingerprint density at radius 3 is 3.00 bits per heavy atom. The van der Waals surface area contributed by atoms with Crippen LogP contribution >= 0.6 is 12.4 Å². The normalized spacial score (nSPS) is 15.2. The van der Waals surface area contributed by atoms with Gasteiger partial charge in [-0.3, -0.25) is 4.79 Å². The van der Waals surface area contributed by atoms with Gasteiger partial charge in [0, 0.05) is 26.1 Å². The summed E-state index contributed by atoms with van der Waals surface area (Å²) in [5.41, 5.74) is 1.15. The summed E-state index contributed by atoms with van der Waals surface area (Å²) in [5.74, 6) is 1.11. The summed E-state index contributed by atoms with van der Waals surface area (Å²) in [5, 5.41) is 3.31. The number of hydrogen-bond donors (Lipinski definition) is 1. The van der Waals surface area contributed by atoms with Crippen molar-refractivity contribution in [2.45, 2.75) is 19.3 Å². The molecule has 2 rings (SSSR count). The van der Waals surface area contributed by atoms with E-state index >= 15 is 0 Å². The second kappa shape index (κ2) is 8.82. The molecule has 0 saturated carbocycles. The maximum absolute atomic E-state index is 12.1. The van der Waals surface area contributed by atoms with Gasteiger partial charge in [0.15, 0.2) is 0 Å². The number of amides is 1. The molecule has 1 aromatic rings. The van der Waals surface area contributed by atoms with Crippen LogP contribution in [0.2, 0.25) is 0 Å². The van der Waals surface area contributed by atoms with Crippen LogP contribution in [0.15, 0.2) is 24.3 Å². The summed E-state index contributed by atoms with van der Waals surface area (Å²) in [6, 6.07) is 7.93. The Labute approximate surface area is 126 Å². The molecular weight excluding hydrogens is 276 g/mol. The maximum atomic E-state index is 12.1. The summed E-state index contributed by atoms with van der Waals surface area (Å²) in [6.07, 6.45) is 2.40. The van der Waals surface area contributed by atoms with Gasteiger partial charge in [0.2, 0.25) is 5.91 Å². The van der Waals surface area contributed by atoms with E-state index in [0.29, 0.717) is 6.42 Å². The highest BCUT2D eigenvalue weighted by Gasteiger charge is 2.14. The Kier molecular flexibility index (Phi) is 7.41. The maximum Gasteiger partial charge on any atom is 0.222 e. The largest absolute Gasteiger partial charge is 0.497 e. The first-order chi connectivity index (χ1) is 9.29. The fourth-order valence-electron chi connectivity index (χ4n) is 2.33. The fourth-order valence-corrected chi connectivity index (χ4v) is 2.33. The van der Waals surface area contributed by atoms with Gasteiger partial charge in [-0.1, -0.05) is 12.1 Å². The SMILES string of the molecule is COc1cccc(CCC(=O)N2CCCNCC2)c1.Cl. The summed E-state index contributed by atoms with van der Waals surface area (Å²) in [7, 11) is 1.66. The first-order valence-corrected chi connectivity index (χ1v) is 6.91. The van der Waals surface area contributed by atoms with E-state index in [0.717, 1.165) is 50.3 Å². The zero-order valence-electron chi connectivity index (χ0n) is 11.9. The third kappa shape index (κ3) is 5.02. The monoisotopic (exact) mass is 298 g/mol. The summed E-state index contributed by atoms with van der Waals surface area (Å²) < 4.78 is 5.19. The van der Waals surface area contributed by atoms with E-state index in [1.807, 2.05) is 29.2 Å². The van der Waals surface area contributed by atoms with Gasteiger partial charge in [0.05, 0.1) is 7.11 Å². The van der Waals surface area contributed by atoms with E-state index in [4.69, 9.17) is 4.74 Å². The molecule has 4 nitrogen and oxygen atoms in total. The van der Waals surface area contributed by atoms with E-state index in [1.54, 1.807) is 7.11 Å². The summed E-state index contributed by atoms with van der Waals surface area (Å²) >= 11 is 0. The third-order valence-electron chi connectivity index (χ3n) is 3.45. The zero-order chi connectivity index (χ0) is 13.5. The van der Waals surface area contributed by atoms with Crippen LogP contribution in [0.5, 0.6) is 5.75 Å². The number of ether oxygens (including phenoxy) is 1. The molecule has 5 heteroatoms. The molecule has 1 heterocycles. The van der Waals surface area contributed by atoms with Gasteiger partial charge in [-0.2, -0.15) is 0 Å². The molecular formula is C15H23ClN2O2. The van der Waals surface area contributed by atoms with Crippen LogP contribution in [0.1, 0.15) is 18.4 Å². The molecule has 0 spiro atoms. The second-order valence-electron chi connectivity index (χ2n) is 4.84. The predicted molar refractivity (Wildman–Crippen MR) is 82.6 cm³/mol. The fraction of sp³-hybridized carbons (Fsp3) is 0.533. The highest BCUT2D eigenvalue weighted by Crippen LogP contribution is 2.14. The first-order valence-electron chi connectivity index (χ1n) is 6.91. The Hall–Kier alpha value is -1.26. The lowest BCUT2D eigenvalue weighted by atomic mass is 10.1. The molecule has 1 amide bonds. The number of halogens is 1. The summed E-state index contributed by atoms with van der Waals surface area (Å²) in [6.45, 7) is 3.63. The lowest BCUT2D eigenvalue weighted by molar-refractivity contribution is -0.130. The van der Waals surface area contributed by atoms with E-state index in [-0.39, 0.29) is 18.3 Å². The van der Waals surface area contributed by atoms with Crippen LogP contribution in [-0.4, -0.2) is 44.1 Å². The molecule has 1 aliphatic heterocycles. The predicted octanol–water partition coefficient (Wildman–Crippen LogP) is 1.87. The number of hydrogen-bond acceptors (Lipinski definition) is 3. The number of carbonyl (C=O) groups excluding carboxylic acids is 1. The molecule has 1 aromatic carbocycles. The van der Waals surface area contributed by atoms with Crippen LogP contribution in [0, 0.1) is 0 Å². The molecule has 0 unspecified atom stereocenters. The number of carbonyl (C=O) groups is 1. The van der Waals surface area contributed by atoms with Crippen LogP contribution in [-0.2, 0) is 11.2 Å². The second-order valence-corrected chi connectivity index (χ2v) is 4.84. The molecule has 0 radical (unpaired) electrons. The lowest BCUT2D eigenvalue weighted by Gasteiger charge is -2.19. The van der Waals surface area contributed by atoms with Crippen molar-refractivity contribution in [2.24, 2.45) is 0 Å². The number of nitrogens with one attached hydrogen (secondary N) is 1. The van der Waals surface area contributed by atoms with Gasteiger partial charge >= 0.3 is 0 Å². The minimum absolute atomic E-state index is 0. The summed E-state index contributed by atoms with van der Waals surface area (Å²) in [4.78, 5) is 14.1. The Bertz CT molecular complexity index is 418. The van der Waals surface area contributed by atoms with Gasteiger partial charge in [-0.15, -0.1) is 12.4 Å². The number of rotatable bonds is 4. The van der Waals surface area contributed by atoms with Crippen LogP contribution in [0.3, 0.4) is 0 Å². The van der Waals surface area contributed by atoms with Crippen molar-refractivity contribution < 1.29 is 9.53 Å². The number of methoxy groups -OCH3 is 1. The Balaban J connectivity index is 0.00000200. The molecule has 0 aromatic heterocycles. The molecule has 1 aliphatic rings. The van der Waals surface area contributed by atoms with Crippen molar-refractivity contribution in [2.75, 3.05) is 33.3 Å². The average molecular weight is 299 g/mol. The molecule has 20 heavy (non-hydrogen) atoms. The van der Waals surface area contributed by atoms with Crippen molar-refractivity contribution >= 4 is 18.3 Å². The van der Waals surface area contributed by atoms with Gasteiger partial charge < -0.3 is 15.0 Å². The molecule has 1 N–H and O–H groups in total. The molecule has 112 valence electrons. The molecule has 0 atom stereocenters. The zero-order valence-corrected chi connectivity index (χ0v) is 12.7. The van der Waals surface area contributed by atoms with E-state index < -0.39 is 0 Å². The average Bonchev–Trinajstić information content (AvgIpc) is 2.74. The van der Waals surface area contributed by atoms with Crippen molar-refractivity contribution in [3.05, 3.63) is 29.8 Å². The number of benzene rings is 1. The van der Waals surface area contributed by atoms with Crippen molar-refractivity contribution in [1.82, 2.24) is 10.2 Å². The quantitative estimate of drug-likeness (QED) is 0.923. The van der Waals surface area contributed by atoms with Gasteiger partial charge in [0.25, 0.3) is 0 Å². The van der Waals surface area contributed by atoms with Gasteiger partial charge in [-0.25, -0.2) is 0 Å². The minimum Gasteiger partial charge on any atom is -0.497 e. The van der Waals surface area contributed by atoms with E-state index in [1.165, 1.54) is 0 Å². The van der Waals surface area contributed by atoms with Crippen molar-refractivity contribution in [1.29, 1.82) is 0 Å². The van der Waals surface area contributed by atoms with Gasteiger partial charge in [0.1, 0.15) is 5.75 Å². The van der Waals surface area contributed by atoms with E-state index in [9.17, 15) is 4.79 Å². The molecule has 0 aliphatic carbocycles. The Morgan fingerprint density at radius 2 is 2.20 bits per heavy atom. The van der Waals surface area contributed by atoms with Crippen LogP contribution in [0.4, 0.5) is 0 Å². The topological polar surface area (TPSA) is 41.6 Å².